The molecule has 0 radical (unpaired) electrons. The van der Waals surface area contributed by atoms with Gasteiger partial charge in [-0.15, -0.1) is 0 Å². The molecule has 24 heavy (non-hydrogen) atoms. The minimum Gasteiger partial charge on any atom is -0.496 e. The number of amides is 1. The van der Waals surface area contributed by atoms with E-state index in [0.29, 0.717) is 17.3 Å². The highest BCUT2D eigenvalue weighted by Crippen LogP contribution is 2.30. The van der Waals surface area contributed by atoms with Crippen molar-refractivity contribution in [1.29, 1.82) is 0 Å². The highest BCUT2D eigenvalue weighted by atomic mass is 35.5. The molecule has 2 rings (SSSR count). The molecule has 0 unspecified atom stereocenters. The molecule has 0 atom stereocenters. The number of benzene rings is 2. The lowest BCUT2D eigenvalue weighted by molar-refractivity contribution is -0.385. The van der Waals surface area contributed by atoms with Crippen molar-refractivity contribution in [3.8, 4) is 11.5 Å². The molecule has 7 nitrogen and oxygen atoms in total. The van der Waals surface area contributed by atoms with Gasteiger partial charge in [0.2, 0.25) is 0 Å². The monoisotopic (exact) mass is 350 g/mol. The summed E-state index contributed by atoms with van der Waals surface area (Å²) in [5.41, 5.74) is 0.614. The molecule has 126 valence electrons. The summed E-state index contributed by atoms with van der Waals surface area (Å²) in [6.07, 6.45) is 0. The molecular weight excluding hydrogens is 336 g/mol. The van der Waals surface area contributed by atoms with Crippen molar-refractivity contribution in [3.63, 3.8) is 0 Å². The number of methoxy groups -OCH3 is 1. The second kappa shape index (κ2) is 8.16. The Balaban J connectivity index is 1.91. The average Bonchev–Trinajstić information content (AvgIpc) is 2.59. The SMILES string of the molecule is COc1ccc(OCC(=O)NCc2ccc(Cl)cc2)c([N+](=O)[O-])c1. The van der Waals surface area contributed by atoms with E-state index in [2.05, 4.69) is 5.32 Å². The van der Waals surface area contributed by atoms with Crippen LogP contribution >= 0.6 is 11.6 Å². The highest BCUT2D eigenvalue weighted by molar-refractivity contribution is 6.30. The number of carbonyl (C=O) groups is 1. The van der Waals surface area contributed by atoms with Gasteiger partial charge in [-0.1, -0.05) is 23.7 Å². The predicted molar refractivity (Wildman–Crippen MR) is 88.4 cm³/mol. The van der Waals surface area contributed by atoms with Crippen molar-refractivity contribution >= 4 is 23.2 Å². The normalized spacial score (nSPS) is 10.1. The Labute approximate surface area is 143 Å². The van der Waals surface area contributed by atoms with Gasteiger partial charge in [-0.25, -0.2) is 0 Å². The lowest BCUT2D eigenvalue weighted by atomic mass is 10.2. The molecule has 2 aromatic rings. The van der Waals surface area contributed by atoms with Gasteiger partial charge in [-0.2, -0.15) is 0 Å². The lowest BCUT2D eigenvalue weighted by Crippen LogP contribution is -2.28. The molecule has 0 saturated heterocycles. The maximum absolute atomic E-state index is 11.8. The largest absolute Gasteiger partial charge is 0.496 e. The van der Waals surface area contributed by atoms with E-state index < -0.39 is 10.8 Å². The maximum Gasteiger partial charge on any atom is 0.314 e. The molecule has 0 heterocycles. The van der Waals surface area contributed by atoms with Gasteiger partial charge < -0.3 is 14.8 Å². The van der Waals surface area contributed by atoms with E-state index in [0.717, 1.165) is 5.56 Å². The van der Waals surface area contributed by atoms with Gasteiger partial charge in [-0.05, 0) is 29.8 Å². The fourth-order valence-corrected chi connectivity index (χ4v) is 2.01. The second-order valence-corrected chi connectivity index (χ2v) is 5.22. The van der Waals surface area contributed by atoms with Crippen LogP contribution in [0.1, 0.15) is 5.56 Å². The van der Waals surface area contributed by atoms with Gasteiger partial charge in [0.25, 0.3) is 5.91 Å². The smallest absolute Gasteiger partial charge is 0.314 e. The topological polar surface area (TPSA) is 90.7 Å². The van der Waals surface area contributed by atoms with Crippen LogP contribution in [-0.4, -0.2) is 24.5 Å². The van der Waals surface area contributed by atoms with Crippen molar-refractivity contribution in [2.45, 2.75) is 6.54 Å². The number of rotatable bonds is 7. The summed E-state index contributed by atoms with van der Waals surface area (Å²) >= 11 is 5.78. The summed E-state index contributed by atoms with van der Waals surface area (Å²) < 4.78 is 10.2. The summed E-state index contributed by atoms with van der Waals surface area (Å²) in [4.78, 5) is 22.2. The number of hydrogen-bond donors (Lipinski definition) is 1. The first kappa shape index (κ1) is 17.6. The molecule has 8 heteroatoms. The molecule has 1 amide bonds. The van der Waals surface area contributed by atoms with Crippen molar-refractivity contribution < 1.29 is 19.2 Å². The molecular formula is C16H15ClN2O5. The Morgan fingerprint density at radius 2 is 1.96 bits per heavy atom. The van der Waals surface area contributed by atoms with E-state index in [1.54, 1.807) is 24.3 Å². The fraction of sp³-hybridized carbons (Fsp3) is 0.188. The fourth-order valence-electron chi connectivity index (χ4n) is 1.89. The average molecular weight is 351 g/mol. The van der Waals surface area contributed by atoms with E-state index in [9.17, 15) is 14.9 Å². The van der Waals surface area contributed by atoms with Gasteiger partial charge in [0.05, 0.1) is 18.1 Å². The maximum atomic E-state index is 11.8. The summed E-state index contributed by atoms with van der Waals surface area (Å²) in [7, 11) is 1.41. The molecule has 0 aliphatic heterocycles. The van der Waals surface area contributed by atoms with E-state index in [-0.39, 0.29) is 18.0 Å². The third kappa shape index (κ3) is 4.85. The molecule has 0 aromatic heterocycles. The standard InChI is InChI=1S/C16H15ClN2O5/c1-23-13-6-7-15(14(8-13)19(21)22)24-10-16(20)18-9-11-2-4-12(17)5-3-11/h2-8H,9-10H2,1H3,(H,18,20). The first-order chi connectivity index (χ1) is 11.5. The van der Waals surface area contributed by atoms with Gasteiger partial charge in [0.1, 0.15) is 5.75 Å². The second-order valence-electron chi connectivity index (χ2n) is 4.78. The van der Waals surface area contributed by atoms with E-state index in [4.69, 9.17) is 21.1 Å². The van der Waals surface area contributed by atoms with Gasteiger partial charge >= 0.3 is 5.69 Å². The molecule has 0 fully saturated rings. The predicted octanol–water partition coefficient (Wildman–Crippen LogP) is 2.95. The summed E-state index contributed by atoms with van der Waals surface area (Å²) in [5.74, 6) is -0.0567. The van der Waals surface area contributed by atoms with Crippen molar-refractivity contribution in [2.24, 2.45) is 0 Å². The quantitative estimate of drug-likeness (QED) is 0.612. The van der Waals surface area contributed by atoms with E-state index in [1.807, 2.05) is 0 Å². The Hall–Kier alpha value is -2.80. The van der Waals surface area contributed by atoms with E-state index >= 15 is 0 Å². The van der Waals surface area contributed by atoms with Gasteiger partial charge in [0.15, 0.2) is 12.4 Å². The van der Waals surface area contributed by atoms with Crippen molar-refractivity contribution in [1.82, 2.24) is 5.32 Å². The molecule has 0 spiro atoms. The van der Waals surface area contributed by atoms with Crippen LogP contribution in [0.2, 0.25) is 5.02 Å². The number of halogens is 1. The van der Waals surface area contributed by atoms with Crippen LogP contribution in [0.15, 0.2) is 42.5 Å². The zero-order chi connectivity index (χ0) is 17.5. The number of nitro benzene ring substituents is 1. The Morgan fingerprint density at radius 1 is 1.25 bits per heavy atom. The van der Waals surface area contributed by atoms with Crippen LogP contribution in [0.4, 0.5) is 5.69 Å². The third-order valence-corrected chi connectivity index (χ3v) is 3.38. The molecule has 0 bridgehead atoms. The zero-order valence-electron chi connectivity index (χ0n) is 12.8. The van der Waals surface area contributed by atoms with Crippen LogP contribution in [0.5, 0.6) is 11.5 Å². The number of nitrogens with one attached hydrogen (secondary N) is 1. The molecule has 0 aliphatic carbocycles. The van der Waals surface area contributed by atoms with E-state index in [1.165, 1.54) is 25.3 Å². The Bertz CT molecular complexity index is 734. The minimum atomic E-state index is -0.594. The van der Waals surface area contributed by atoms with Crippen molar-refractivity contribution in [2.75, 3.05) is 13.7 Å². The van der Waals surface area contributed by atoms with Crippen molar-refractivity contribution in [3.05, 3.63) is 63.2 Å². The first-order valence-electron chi connectivity index (χ1n) is 6.96. The highest BCUT2D eigenvalue weighted by Gasteiger charge is 2.17. The molecule has 2 aromatic carbocycles. The van der Waals surface area contributed by atoms with Crippen LogP contribution in [0.25, 0.3) is 0 Å². The first-order valence-corrected chi connectivity index (χ1v) is 7.34. The summed E-state index contributed by atoms with van der Waals surface area (Å²) in [6.45, 7) is -0.0230. The van der Waals surface area contributed by atoms with Gasteiger partial charge in [0, 0.05) is 11.6 Å². The Morgan fingerprint density at radius 3 is 2.58 bits per heavy atom. The molecule has 1 N–H and O–H groups in total. The lowest BCUT2D eigenvalue weighted by Gasteiger charge is -2.09. The molecule has 0 saturated carbocycles. The number of carbonyl (C=O) groups excluding carboxylic acids is 1. The Kier molecular flexibility index (Phi) is 5.97. The third-order valence-electron chi connectivity index (χ3n) is 3.12. The minimum absolute atomic E-state index is 0.00226. The van der Waals surface area contributed by atoms with Crippen LogP contribution in [0.3, 0.4) is 0 Å². The van der Waals surface area contributed by atoms with Crippen LogP contribution in [0, 0.1) is 10.1 Å². The number of ether oxygens (including phenoxy) is 2. The van der Waals surface area contributed by atoms with Crippen LogP contribution in [-0.2, 0) is 11.3 Å². The number of hydrogen-bond acceptors (Lipinski definition) is 5. The number of nitrogens with zero attached hydrogens (tertiary/aromatic N) is 1. The summed E-state index contributed by atoms with van der Waals surface area (Å²) in [5, 5.41) is 14.3. The van der Waals surface area contributed by atoms with Gasteiger partial charge in [-0.3, -0.25) is 14.9 Å². The summed E-state index contributed by atoms with van der Waals surface area (Å²) in [6, 6.07) is 11.2. The van der Waals surface area contributed by atoms with Crippen LogP contribution < -0.4 is 14.8 Å². The molecule has 0 aliphatic rings. The number of nitro groups is 1. The zero-order valence-corrected chi connectivity index (χ0v) is 13.6.